The maximum absolute atomic E-state index is 13.6. The molecule has 0 bridgehead atoms. The molecule has 0 heterocycles. The van der Waals surface area contributed by atoms with E-state index in [2.05, 4.69) is 0 Å². The molecule has 1 unspecified atom stereocenters. The van der Waals surface area contributed by atoms with Gasteiger partial charge < -0.3 is 10.5 Å². The molecular weight excluding hydrogens is 260 g/mol. The van der Waals surface area contributed by atoms with Crippen molar-refractivity contribution >= 4 is 0 Å². The molecule has 2 rings (SSSR count). The Morgan fingerprint density at radius 1 is 1.05 bits per heavy atom. The summed E-state index contributed by atoms with van der Waals surface area (Å²) in [4.78, 5) is 0. The Hall–Kier alpha value is -1.94. The molecule has 0 aliphatic heterocycles. The van der Waals surface area contributed by atoms with Gasteiger partial charge in [0.25, 0.3) is 0 Å². The fourth-order valence-electron chi connectivity index (χ4n) is 2.18. The Morgan fingerprint density at radius 2 is 1.75 bits per heavy atom. The molecule has 0 spiro atoms. The Balaban J connectivity index is 2.01. The third-order valence-corrected chi connectivity index (χ3v) is 3.10. The molecule has 4 heteroatoms. The quantitative estimate of drug-likeness (QED) is 0.911. The molecule has 0 amide bonds. The monoisotopic (exact) mass is 277 g/mol. The van der Waals surface area contributed by atoms with Crippen molar-refractivity contribution < 1.29 is 13.5 Å². The van der Waals surface area contributed by atoms with Crippen molar-refractivity contribution in [2.75, 3.05) is 7.11 Å². The van der Waals surface area contributed by atoms with Crippen molar-refractivity contribution in [3.8, 4) is 5.75 Å². The molecule has 2 N–H and O–H groups in total. The standard InChI is InChI=1S/C16H17F2NO/c1-20-16-6-5-12(10-15(16)18)9-14(19)8-11-3-2-4-13(17)7-11/h2-7,10,14H,8-9,19H2,1H3. The van der Waals surface area contributed by atoms with Crippen LogP contribution >= 0.6 is 0 Å². The molecular formula is C16H17F2NO. The summed E-state index contributed by atoms with van der Waals surface area (Å²) in [5.74, 6) is -0.458. The summed E-state index contributed by atoms with van der Waals surface area (Å²) in [6.45, 7) is 0. The highest BCUT2D eigenvalue weighted by Crippen LogP contribution is 2.19. The summed E-state index contributed by atoms with van der Waals surface area (Å²) in [6.07, 6.45) is 1.07. The molecule has 0 aromatic heterocycles. The van der Waals surface area contributed by atoms with Gasteiger partial charge in [-0.3, -0.25) is 0 Å². The number of benzene rings is 2. The van der Waals surface area contributed by atoms with E-state index in [1.807, 2.05) is 6.07 Å². The second-order valence-electron chi connectivity index (χ2n) is 4.77. The first-order valence-corrected chi connectivity index (χ1v) is 6.41. The molecule has 0 radical (unpaired) electrons. The van der Waals surface area contributed by atoms with E-state index in [1.165, 1.54) is 25.3 Å². The lowest BCUT2D eigenvalue weighted by Crippen LogP contribution is -2.25. The van der Waals surface area contributed by atoms with Gasteiger partial charge in [-0.25, -0.2) is 8.78 Å². The maximum Gasteiger partial charge on any atom is 0.165 e. The van der Waals surface area contributed by atoms with E-state index < -0.39 is 5.82 Å². The minimum Gasteiger partial charge on any atom is -0.494 e. The first-order valence-electron chi connectivity index (χ1n) is 6.41. The summed E-state index contributed by atoms with van der Waals surface area (Å²) in [5.41, 5.74) is 7.67. The minimum absolute atomic E-state index is 0.190. The van der Waals surface area contributed by atoms with Crippen LogP contribution in [0, 0.1) is 11.6 Å². The van der Waals surface area contributed by atoms with Crippen LogP contribution in [0.1, 0.15) is 11.1 Å². The van der Waals surface area contributed by atoms with Crippen LogP contribution in [0.4, 0.5) is 8.78 Å². The smallest absolute Gasteiger partial charge is 0.165 e. The molecule has 0 saturated carbocycles. The van der Waals surface area contributed by atoms with Gasteiger partial charge in [-0.15, -0.1) is 0 Å². The van der Waals surface area contributed by atoms with E-state index >= 15 is 0 Å². The normalized spacial score (nSPS) is 12.2. The SMILES string of the molecule is COc1ccc(CC(N)Cc2cccc(F)c2)cc1F. The number of rotatable bonds is 5. The molecule has 0 saturated heterocycles. The zero-order valence-corrected chi connectivity index (χ0v) is 11.3. The number of nitrogens with two attached hydrogens (primary N) is 1. The molecule has 0 aliphatic carbocycles. The topological polar surface area (TPSA) is 35.2 Å². The zero-order valence-electron chi connectivity index (χ0n) is 11.3. The summed E-state index contributed by atoms with van der Waals surface area (Å²) in [6, 6.07) is 11.0. The van der Waals surface area contributed by atoms with Crippen LogP contribution in [0.2, 0.25) is 0 Å². The van der Waals surface area contributed by atoms with E-state index in [4.69, 9.17) is 10.5 Å². The van der Waals surface area contributed by atoms with Crippen molar-refractivity contribution in [3.05, 3.63) is 65.2 Å². The van der Waals surface area contributed by atoms with Gasteiger partial charge in [0.05, 0.1) is 7.11 Å². The highest BCUT2D eigenvalue weighted by Gasteiger charge is 2.09. The van der Waals surface area contributed by atoms with Crippen molar-refractivity contribution in [2.24, 2.45) is 5.73 Å². The van der Waals surface area contributed by atoms with Crippen LogP contribution in [0.25, 0.3) is 0 Å². The Morgan fingerprint density at radius 3 is 2.35 bits per heavy atom. The third-order valence-electron chi connectivity index (χ3n) is 3.10. The molecule has 2 aromatic rings. The predicted octanol–water partition coefficient (Wildman–Crippen LogP) is 3.09. The Bertz CT molecular complexity index is 586. The highest BCUT2D eigenvalue weighted by atomic mass is 19.1. The van der Waals surface area contributed by atoms with E-state index in [0.29, 0.717) is 12.8 Å². The van der Waals surface area contributed by atoms with Gasteiger partial charge in [0.1, 0.15) is 5.82 Å². The minimum atomic E-state index is -0.400. The average Bonchev–Trinajstić information content (AvgIpc) is 2.38. The van der Waals surface area contributed by atoms with Gasteiger partial charge >= 0.3 is 0 Å². The lowest BCUT2D eigenvalue weighted by molar-refractivity contribution is 0.386. The van der Waals surface area contributed by atoms with Gasteiger partial charge in [-0.1, -0.05) is 18.2 Å². The number of ether oxygens (including phenoxy) is 1. The Kier molecular flexibility index (Phi) is 4.69. The molecule has 106 valence electrons. The van der Waals surface area contributed by atoms with Crippen molar-refractivity contribution in [3.63, 3.8) is 0 Å². The first-order chi connectivity index (χ1) is 9.58. The fraction of sp³-hybridized carbons (Fsp3) is 0.250. The maximum atomic E-state index is 13.6. The van der Waals surface area contributed by atoms with Crippen molar-refractivity contribution in [1.29, 1.82) is 0 Å². The summed E-state index contributed by atoms with van der Waals surface area (Å²) < 4.78 is 31.5. The average molecular weight is 277 g/mol. The Labute approximate surface area is 117 Å². The van der Waals surface area contributed by atoms with Gasteiger partial charge in [0, 0.05) is 6.04 Å². The second kappa shape index (κ2) is 6.48. The largest absolute Gasteiger partial charge is 0.494 e. The van der Waals surface area contributed by atoms with Crippen LogP contribution in [0.15, 0.2) is 42.5 Å². The summed E-state index contributed by atoms with van der Waals surface area (Å²) in [5, 5.41) is 0. The van der Waals surface area contributed by atoms with E-state index in [9.17, 15) is 8.78 Å². The van der Waals surface area contributed by atoms with Crippen molar-refractivity contribution in [2.45, 2.75) is 18.9 Å². The third kappa shape index (κ3) is 3.78. The number of hydrogen-bond acceptors (Lipinski definition) is 2. The molecule has 2 nitrogen and oxygen atoms in total. The lowest BCUT2D eigenvalue weighted by Gasteiger charge is -2.12. The molecule has 2 aromatic carbocycles. The van der Waals surface area contributed by atoms with Crippen LogP contribution in [-0.4, -0.2) is 13.2 Å². The number of methoxy groups -OCH3 is 1. The molecule has 20 heavy (non-hydrogen) atoms. The predicted molar refractivity (Wildman–Crippen MR) is 74.7 cm³/mol. The van der Waals surface area contributed by atoms with E-state index in [0.717, 1.165) is 11.1 Å². The molecule has 0 aliphatic rings. The van der Waals surface area contributed by atoms with Crippen LogP contribution in [-0.2, 0) is 12.8 Å². The van der Waals surface area contributed by atoms with Crippen LogP contribution in [0.3, 0.4) is 0 Å². The number of hydrogen-bond donors (Lipinski definition) is 1. The lowest BCUT2D eigenvalue weighted by atomic mass is 9.99. The van der Waals surface area contributed by atoms with Crippen LogP contribution < -0.4 is 10.5 Å². The molecule has 0 fully saturated rings. The van der Waals surface area contributed by atoms with Gasteiger partial charge in [0.2, 0.25) is 0 Å². The van der Waals surface area contributed by atoms with Gasteiger partial charge in [0.15, 0.2) is 11.6 Å². The van der Waals surface area contributed by atoms with Crippen molar-refractivity contribution in [1.82, 2.24) is 0 Å². The highest BCUT2D eigenvalue weighted by molar-refractivity contribution is 5.30. The molecule has 1 atom stereocenters. The zero-order chi connectivity index (χ0) is 14.5. The van der Waals surface area contributed by atoms with E-state index in [1.54, 1.807) is 18.2 Å². The summed E-state index contributed by atoms with van der Waals surface area (Å²) in [7, 11) is 1.42. The van der Waals surface area contributed by atoms with E-state index in [-0.39, 0.29) is 17.6 Å². The van der Waals surface area contributed by atoms with Crippen LogP contribution in [0.5, 0.6) is 5.75 Å². The first kappa shape index (κ1) is 14.5. The van der Waals surface area contributed by atoms with Gasteiger partial charge in [-0.05, 0) is 48.2 Å². The summed E-state index contributed by atoms with van der Waals surface area (Å²) >= 11 is 0. The fourth-order valence-corrected chi connectivity index (χ4v) is 2.18. The second-order valence-corrected chi connectivity index (χ2v) is 4.77. The number of halogens is 2. The van der Waals surface area contributed by atoms with Gasteiger partial charge in [-0.2, -0.15) is 0 Å².